The summed E-state index contributed by atoms with van der Waals surface area (Å²) < 4.78 is 76.6. The Labute approximate surface area is 142 Å². The van der Waals surface area contributed by atoms with E-state index in [9.17, 15) is 31.1 Å². The van der Waals surface area contributed by atoms with Crippen LogP contribution in [0.25, 0.3) is 0 Å². The predicted molar refractivity (Wildman–Crippen MR) is 76.8 cm³/mol. The van der Waals surface area contributed by atoms with Crippen LogP contribution >= 0.6 is 0 Å². The van der Waals surface area contributed by atoms with Crippen molar-refractivity contribution in [2.45, 2.75) is 12.4 Å². The molecule has 2 N–H and O–H groups in total. The smallest absolute Gasteiger partial charge is 0.379 e. The van der Waals surface area contributed by atoms with Crippen molar-refractivity contribution in [3.05, 3.63) is 65.0 Å². The Morgan fingerprint density at radius 3 is 2.04 bits per heavy atom. The molecule has 0 radical (unpaired) electrons. The van der Waals surface area contributed by atoms with Gasteiger partial charge in [-0.2, -0.15) is 26.3 Å². The molecule has 2 rings (SSSR count). The third-order valence-electron chi connectivity index (χ3n) is 2.98. The summed E-state index contributed by atoms with van der Waals surface area (Å²) in [5, 5.41) is 3.17. The van der Waals surface area contributed by atoms with E-state index in [1.807, 2.05) is 0 Å². The number of carbonyl (C=O) groups is 1. The SMILES string of the molecule is N/C(=N\OC(=O)c1cc(C(F)(F)F)cc(C(F)(F)F)c1)c1ccccn1. The average Bonchev–Trinajstić information content (AvgIpc) is 2.58. The lowest BCUT2D eigenvalue weighted by atomic mass is 10.0. The van der Waals surface area contributed by atoms with Crippen LogP contribution in [0.2, 0.25) is 0 Å². The molecule has 0 saturated carbocycles. The van der Waals surface area contributed by atoms with Gasteiger partial charge in [0.25, 0.3) is 0 Å². The second-order valence-corrected chi connectivity index (χ2v) is 4.86. The van der Waals surface area contributed by atoms with E-state index in [0.29, 0.717) is 0 Å². The molecular weight excluding hydrogens is 368 g/mol. The summed E-state index contributed by atoms with van der Waals surface area (Å²) in [6.07, 6.45) is -8.83. The number of benzene rings is 1. The first kappa shape index (κ1) is 19.2. The number of carbonyl (C=O) groups excluding carboxylic acids is 1. The zero-order valence-electron chi connectivity index (χ0n) is 12.6. The zero-order valence-corrected chi connectivity index (χ0v) is 12.6. The molecule has 0 bridgehead atoms. The molecule has 2 aromatic rings. The maximum atomic E-state index is 12.8. The van der Waals surface area contributed by atoms with Gasteiger partial charge < -0.3 is 10.6 Å². The van der Waals surface area contributed by atoms with Gasteiger partial charge in [-0.05, 0) is 30.3 Å². The Kier molecular flexibility index (Phi) is 5.19. The molecule has 0 atom stereocenters. The van der Waals surface area contributed by atoms with Gasteiger partial charge in [0.2, 0.25) is 0 Å². The quantitative estimate of drug-likeness (QED) is 0.292. The highest BCUT2D eigenvalue weighted by atomic mass is 19.4. The van der Waals surface area contributed by atoms with Gasteiger partial charge in [0.1, 0.15) is 5.69 Å². The topological polar surface area (TPSA) is 77.6 Å². The normalized spacial score (nSPS) is 12.8. The van der Waals surface area contributed by atoms with Crippen molar-refractivity contribution < 1.29 is 36.0 Å². The number of aromatic nitrogens is 1. The van der Waals surface area contributed by atoms with Crippen molar-refractivity contribution >= 4 is 11.8 Å². The van der Waals surface area contributed by atoms with Crippen LogP contribution in [0.4, 0.5) is 26.3 Å². The fourth-order valence-electron chi connectivity index (χ4n) is 1.78. The van der Waals surface area contributed by atoms with E-state index < -0.39 is 35.0 Å². The highest BCUT2D eigenvalue weighted by Crippen LogP contribution is 2.36. The number of hydrogen-bond acceptors (Lipinski definition) is 4. The number of halogens is 6. The monoisotopic (exact) mass is 377 g/mol. The predicted octanol–water partition coefficient (Wildman–Crippen LogP) is 3.60. The first-order valence-corrected chi connectivity index (χ1v) is 6.74. The number of rotatable bonds is 3. The summed E-state index contributed by atoms with van der Waals surface area (Å²) in [6.45, 7) is 0. The summed E-state index contributed by atoms with van der Waals surface area (Å²) in [5.74, 6) is -1.93. The number of amidine groups is 1. The maximum absolute atomic E-state index is 12.8. The molecule has 0 fully saturated rings. The molecule has 1 aromatic heterocycles. The molecule has 5 nitrogen and oxygen atoms in total. The van der Waals surface area contributed by atoms with Crippen LogP contribution in [0.3, 0.4) is 0 Å². The van der Waals surface area contributed by atoms with Crippen LogP contribution in [0, 0.1) is 0 Å². The summed E-state index contributed by atoms with van der Waals surface area (Å²) in [7, 11) is 0. The van der Waals surface area contributed by atoms with Gasteiger partial charge in [-0.1, -0.05) is 11.2 Å². The number of hydrogen-bond donors (Lipinski definition) is 1. The molecule has 138 valence electrons. The number of oxime groups is 1. The van der Waals surface area contributed by atoms with E-state index >= 15 is 0 Å². The van der Waals surface area contributed by atoms with Crippen LogP contribution in [0.1, 0.15) is 27.2 Å². The molecule has 0 spiro atoms. The van der Waals surface area contributed by atoms with Crippen molar-refractivity contribution in [1.29, 1.82) is 0 Å². The number of nitrogens with zero attached hydrogens (tertiary/aromatic N) is 2. The van der Waals surface area contributed by atoms with Crippen molar-refractivity contribution in [2.75, 3.05) is 0 Å². The Morgan fingerprint density at radius 1 is 1.00 bits per heavy atom. The minimum Gasteiger partial charge on any atom is -0.379 e. The Balaban J connectivity index is 2.33. The largest absolute Gasteiger partial charge is 0.416 e. The Morgan fingerprint density at radius 2 is 1.58 bits per heavy atom. The first-order valence-electron chi connectivity index (χ1n) is 6.74. The molecule has 0 aliphatic heterocycles. The van der Waals surface area contributed by atoms with Crippen molar-refractivity contribution in [2.24, 2.45) is 10.9 Å². The standard InChI is InChI=1S/C15H9F6N3O2/c16-14(17,18)9-5-8(6-10(7-9)15(19,20)21)13(25)26-24-12(22)11-3-1-2-4-23-11/h1-7H,(H2,22,24). The van der Waals surface area contributed by atoms with Gasteiger partial charge in [0, 0.05) is 6.20 Å². The maximum Gasteiger partial charge on any atom is 0.416 e. The third kappa shape index (κ3) is 4.71. The number of alkyl halides is 6. The summed E-state index contributed by atoms with van der Waals surface area (Å²) >= 11 is 0. The molecule has 1 aromatic carbocycles. The van der Waals surface area contributed by atoms with Gasteiger partial charge in [-0.15, -0.1) is 0 Å². The highest BCUT2D eigenvalue weighted by Gasteiger charge is 2.37. The molecule has 0 saturated heterocycles. The van der Waals surface area contributed by atoms with Crippen LogP contribution in [-0.4, -0.2) is 16.8 Å². The fourth-order valence-corrected chi connectivity index (χ4v) is 1.78. The molecule has 26 heavy (non-hydrogen) atoms. The van der Waals surface area contributed by atoms with E-state index in [2.05, 4.69) is 15.0 Å². The molecule has 11 heteroatoms. The number of nitrogens with two attached hydrogens (primary N) is 1. The van der Waals surface area contributed by atoms with Crippen molar-refractivity contribution in [3.63, 3.8) is 0 Å². The second-order valence-electron chi connectivity index (χ2n) is 4.86. The molecule has 0 amide bonds. The first-order chi connectivity index (χ1) is 12.0. The van der Waals surface area contributed by atoms with Crippen LogP contribution in [0.15, 0.2) is 47.8 Å². The summed E-state index contributed by atoms with van der Waals surface area (Å²) in [5.41, 5.74) is 1.28. The summed E-state index contributed by atoms with van der Waals surface area (Å²) in [6, 6.07) is 4.84. The lowest BCUT2D eigenvalue weighted by Crippen LogP contribution is -2.17. The average molecular weight is 377 g/mol. The lowest BCUT2D eigenvalue weighted by Gasteiger charge is -2.13. The Hall–Kier alpha value is -3.11. The molecule has 0 aliphatic carbocycles. The van der Waals surface area contributed by atoms with Gasteiger partial charge >= 0.3 is 18.3 Å². The molecule has 0 unspecified atom stereocenters. The Bertz CT molecular complexity index is 799. The van der Waals surface area contributed by atoms with Crippen LogP contribution in [0.5, 0.6) is 0 Å². The van der Waals surface area contributed by atoms with E-state index in [4.69, 9.17) is 5.73 Å². The van der Waals surface area contributed by atoms with Crippen LogP contribution < -0.4 is 5.73 Å². The van der Waals surface area contributed by atoms with Gasteiger partial charge in [0.05, 0.1) is 16.7 Å². The summed E-state index contributed by atoms with van der Waals surface area (Å²) in [4.78, 5) is 19.9. The third-order valence-corrected chi connectivity index (χ3v) is 2.98. The number of pyridine rings is 1. The fraction of sp³-hybridized carbons (Fsp3) is 0.133. The molecule has 1 heterocycles. The minimum absolute atomic E-state index is 0.0975. The minimum atomic E-state index is -5.09. The van der Waals surface area contributed by atoms with E-state index in [-0.39, 0.29) is 29.7 Å². The zero-order chi connectivity index (χ0) is 19.5. The van der Waals surface area contributed by atoms with Crippen LogP contribution in [-0.2, 0) is 17.2 Å². The van der Waals surface area contributed by atoms with Gasteiger partial charge in [0.15, 0.2) is 5.84 Å². The van der Waals surface area contributed by atoms with Crippen molar-refractivity contribution in [1.82, 2.24) is 4.98 Å². The van der Waals surface area contributed by atoms with Gasteiger partial charge in [-0.3, -0.25) is 4.98 Å². The second kappa shape index (κ2) is 7.02. The lowest BCUT2D eigenvalue weighted by molar-refractivity contribution is -0.143. The molecular formula is C15H9F6N3O2. The van der Waals surface area contributed by atoms with Crippen molar-refractivity contribution in [3.8, 4) is 0 Å². The van der Waals surface area contributed by atoms with E-state index in [0.717, 1.165) is 0 Å². The highest BCUT2D eigenvalue weighted by molar-refractivity contribution is 5.96. The van der Waals surface area contributed by atoms with Gasteiger partial charge in [-0.25, -0.2) is 4.79 Å². The van der Waals surface area contributed by atoms with E-state index in [1.165, 1.54) is 18.3 Å². The molecule has 0 aliphatic rings. The van der Waals surface area contributed by atoms with E-state index in [1.54, 1.807) is 6.07 Å².